The van der Waals surface area contributed by atoms with E-state index in [9.17, 15) is 9.59 Å². The van der Waals surface area contributed by atoms with E-state index in [4.69, 9.17) is 9.84 Å². The Morgan fingerprint density at radius 1 is 1.37 bits per heavy atom. The van der Waals surface area contributed by atoms with Crippen molar-refractivity contribution in [1.82, 2.24) is 5.32 Å². The van der Waals surface area contributed by atoms with Gasteiger partial charge in [-0.2, -0.15) is 0 Å². The van der Waals surface area contributed by atoms with Crippen molar-refractivity contribution in [2.24, 2.45) is 0 Å². The van der Waals surface area contributed by atoms with E-state index in [2.05, 4.69) is 5.32 Å². The second-order valence-corrected chi connectivity index (χ2v) is 4.22. The molecule has 0 fully saturated rings. The van der Waals surface area contributed by atoms with Crippen molar-refractivity contribution >= 4 is 18.0 Å². The zero-order valence-corrected chi connectivity index (χ0v) is 10.9. The van der Waals surface area contributed by atoms with Gasteiger partial charge in [0.15, 0.2) is 6.61 Å². The van der Waals surface area contributed by atoms with Crippen LogP contribution in [-0.2, 0) is 9.59 Å². The van der Waals surface area contributed by atoms with E-state index in [1.54, 1.807) is 24.3 Å². The molecule has 0 bridgehead atoms. The summed E-state index contributed by atoms with van der Waals surface area (Å²) in [7, 11) is 0. The summed E-state index contributed by atoms with van der Waals surface area (Å²) < 4.78 is 5.38. The summed E-state index contributed by atoms with van der Waals surface area (Å²) in [4.78, 5) is 21.9. The Hall–Kier alpha value is -2.30. The number of ether oxygens (including phenoxy) is 1. The van der Waals surface area contributed by atoms with Crippen molar-refractivity contribution in [1.29, 1.82) is 0 Å². The maximum atomic E-state index is 11.5. The lowest BCUT2D eigenvalue weighted by molar-refractivity contribution is -0.131. The fourth-order valence-electron chi connectivity index (χ4n) is 1.42. The molecule has 0 saturated carbocycles. The van der Waals surface area contributed by atoms with E-state index in [0.29, 0.717) is 11.3 Å². The molecule has 19 heavy (non-hydrogen) atoms. The van der Waals surface area contributed by atoms with Crippen LogP contribution in [0.1, 0.15) is 19.4 Å². The van der Waals surface area contributed by atoms with Crippen LogP contribution in [0.25, 0.3) is 6.08 Å². The van der Waals surface area contributed by atoms with Crippen LogP contribution in [0.2, 0.25) is 0 Å². The smallest absolute Gasteiger partial charge is 0.328 e. The van der Waals surface area contributed by atoms with Crippen LogP contribution < -0.4 is 10.1 Å². The lowest BCUT2D eigenvalue weighted by atomic mass is 10.2. The molecule has 0 aliphatic carbocycles. The van der Waals surface area contributed by atoms with E-state index >= 15 is 0 Å². The van der Waals surface area contributed by atoms with Crippen LogP contribution in [0, 0.1) is 0 Å². The van der Waals surface area contributed by atoms with Crippen LogP contribution in [0.15, 0.2) is 30.3 Å². The highest BCUT2D eigenvalue weighted by Gasteiger charge is 2.06. The molecule has 0 heterocycles. The molecule has 0 saturated heterocycles. The standard InChI is InChI=1S/C14H17NO4/c1-10(2)15-13(16)9-19-12-6-4-3-5-11(12)7-8-14(17)18/h3-8,10H,9H2,1-2H3,(H,15,16)(H,17,18). The third kappa shape index (κ3) is 5.72. The Morgan fingerprint density at radius 2 is 2.05 bits per heavy atom. The monoisotopic (exact) mass is 263 g/mol. The molecule has 0 aliphatic heterocycles. The fraction of sp³-hybridized carbons (Fsp3) is 0.286. The number of carboxylic acid groups (broad SMARTS) is 1. The van der Waals surface area contributed by atoms with Crippen molar-refractivity contribution in [2.75, 3.05) is 6.61 Å². The molecule has 5 heteroatoms. The van der Waals surface area contributed by atoms with Gasteiger partial charge in [0, 0.05) is 17.7 Å². The van der Waals surface area contributed by atoms with E-state index in [0.717, 1.165) is 6.08 Å². The number of rotatable bonds is 6. The largest absolute Gasteiger partial charge is 0.483 e. The normalized spacial score (nSPS) is 10.7. The molecule has 0 spiro atoms. The maximum absolute atomic E-state index is 11.5. The molecule has 1 aromatic carbocycles. The predicted molar refractivity (Wildman–Crippen MR) is 71.9 cm³/mol. The van der Waals surface area contributed by atoms with Gasteiger partial charge in [0.2, 0.25) is 0 Å². The van der Waals surface area contributed by atoms with Crippen LogP contribution in [0.3, 0.4) is 0 Å². The Morgan fingerprint density at radius 3 is 2.68 bits per heavy atom. The Labute approximate surface area is 111 Å². The molecule has 102 valence electrons. The van der Waals surface area contributed by atoms with Crippen LogP contribution in [0.4, 0.5) is 0 Å². The zero-order valence-electron chi connectivity index (χ0n) is 10.9. The highest BCUT2D eigenvalue weighted by Crippen LogP contribution is 2.19. The van der Waals surface area contributed by atoms with Crippen LogP contribution >= 0.6 is 0 Å². The van der Waals surface area contributed by atoms with Gasteiger partial charge in [-0.3, -0.25) is 4.79 Å². The third-order valence-corrected chi connectivity index (χ3v) is 2.13. The summed E-state index contributed by atoms with van der Waals surface area (Å²) in [5.74, 6) is -0.779. The van der Waals surface area contributed by atoms with Crippen LogP contribution in [-0.4, -0.2) is 29.6 Å². The first-order chi connectivity index (χ1) is 8.99. The molecule has 0 unspecified atom stereocenters. The number of carboxylic acids is 1. The number of carbonyl (C=O) groups excluding carboxylic acids is 1. The summed E-state index contributed by atoms with van der Waals surface area (Å²) in [5, 5.41) is 11.3. The lowest BCUT2D eigenvalue weighted by Crippen LogP contribution is -2.34. The second-order valence-electron chi connectivity index (χ2n) is 4.22. The first kappa shape index (κ1) is 14.8. The number of hydrogen-bond donors (Lipinski definition) is 2. The average molecular weight is 263 g/mol. The highest BCUT2D eigenvalue weighted by atomic mass is 16.5. The van der Waals surface area contributed by atoms with Gasteiger partial charge in [-0.15, -0.1) is 0 Å². The quantitative estimate of drug-likeness (QED) is 0.766. The summed E-state index contributed by atoms with van der Waals surface area (Å²) in [6.07, 6.45) is 2.45. The van der Waals surface area contributed by atoms with Crippen molar-refractivity contribution in [2.45, 2.75) is 19.9 Å². The maximum Gasteiger partial charge on any atom is 0.328 e. The van der Waals surface area contributed by atoms with E-state index in [-0.39, 0.29) is 18.6 Å². The van der Waals surface area contributed by atoms with Crippen molar-refractivity contribution in [3.8, 4) is 5.75 Å². The van der Waals surface area contributed by atoms with Gasteiger partial charge in [-0.1, -0.05) is 18.2 Å². The topological polar surface area (TPSA) is 75.6 Å². The Bertz CT molecular complexity index is 480. The number of hydrogen-bond acceptors (Lipinski definition) is 3. The summed E-state index contributed by atoms with van der Waals surface area (Å²) in [5.41, 5.74) is 0.613. The van der Waals surface area contributed by atoms with Gasteiger partial charge in [-0.05, 0) is 26.0 Å². The zero-order chi connectivity index (χ0) is 14.3. The molecule has 2 N–H and O–H groups in total. The minimum absolute atomic E-state index is 0.0539. The summed E-state index contributed by atoms with van der Waals surface area (Å²) in [6, 6.07) is 6.98. The lowest BCUT2D eigenvalue weighted by Gasteiger charge is -2.11. The predicted octanol–water partition coefficient (Wildman–Crippen LogP) is 1.69. The number of para-hydroxylation sites is 1. The summed E-state index contributed by atoms with van der Waals surface area (Å²) in [6.45, 7) is 3.62. The van der Waals surface area contributed by atoms with Gasteiger partial charge in [0.1, 0.15) is 5.75 Å². The van der Waals surface area contributed by atoms with Gasteiger partial charge < -0.3 is 15.2 Å². The van der Waals surface area contributed by atoms with E-state index in [1.165, 1.54) is 6.08 Å². The van der Waals surface area contributed by atoms with Gasteiger partial charge in [-0.25, -0.2) is 4.79 Å². The molecular formula is C14H17NO4. The SMILES string of the molecule is CC(C)NC(=O)COc1ccccc1C=CC(=O)O. The van der Waals surface area contributed by atoms with Crippen LogP contribution in [0.5, 0.6) is 5.75 Å². The molecular weight excluding hydrogens is 246 g/mol. The van der Waals surface area contributed by atoms with Gasteiger partial charge in [0.05, 0.1) is 0 Å². The number of aliphatic carboxylic acids is 1. The molecule has 0 aliphatic rings. The van der Waals surface area contributed by atoms with Gasteiger partial charge >= 0.3 is 5.97 Å². The van der Waals surface area contributed by atoms with Crippen molar-refractivity contribution in [3.63, 3.8) is 0 Å². The van der Waals surface area contributed by atoms with E-state index in [1.807, 2.05) is 13.8 Å². The average Bonchev–Trinajstić information content (AvgIpc) is 2.34. The van der Waals surface area contributed by atoms with Gasteiger partial charge in [0.25, 0.3) is 5.91 Å². The third-order valence-electron chi connectivity index (χ3n) is 2.13. The summed E-state index contributed by atoms with van der Waals surface area (Å²) >= 11 is 0. The minimum Gasteiger partial charge on any atom is -0.483 e. The Balaban J connectivity index is 2.68. The second kappa shape index (κ2) is 7.20. The molecule has 0 atom stereocenters. The molecule has 5 nitrogen and oxygen atoms in total. The molecule has 1 rings (SSSR count). The highest BCUT2D eigenvalue weighted by molar-refractivity contribution is 5.86. The molecule has 1 amide bonds. The van der Waals surface area contributed by atoms with E-state index < -0.39 is 5.97 Å². The molecule has 0 aromatic heterocycles. The van der Waals surface area contributed by atoms with Crippen molar-refractivity contribution < 1.29 is 19.4 Å². The first-order valence-corrected chi connectivity index (χ1v) is 5.91. The number of benzene rings is 1. The fourth-order valence-corrected chi connectivity index (χ4v) is 1.42. The first-order valence-electron chi connectivity index (χ1n) is 5.91. The number of carbonyl (C=O) groups is 2. The molecule has 0 radical (unpaired) electrons. The number of amides is 1. The van der Waals surface area contributed by atoms with Crippen molar-refractivity contribution in [3.05, 3.63) is 35.9 Å². The number of nitrogens with one attached hydrogen (secondary N) is 1. The minimum atomic E-state index is -1.03. The molecule has 1 aromatic rings. The Kier molecular flexibility index (Phi) is 5.60.